The lowest BCUT2D eigenvalue weighted by Gasteiger charge is -2.10. The molecule has 0 radical (unpaired) electrons. The van der Waals surface area contributed by atoms with E-state index < -0.39 is 5.76 Å². The van der Waals surface area contributed by atoms with Crippen molar-refractivity contribution >= 4 is 34.4 Å². The van der Waals surface area contributed by atoms with Crippen LogP contribution in [0.5, 0.6) is 0 Å². The van der Waals surface area contributed by atoms with Gasteiger partial charge in [0.2, 0.25) is 5.91 Å². The summed E-state index contributed by atoms with van der Waals surface area (Å²) in [5.74, 6) is 2.99. The number of fused-ring (bicyclic) bond motifs is 1. The van der Waals surface area contributed by atoms with Gasteiger partial charge in [0.25, 0.3) is 5.76 Å². The van der Waals surface area contributed by atoms with Crippen LogP contribution >= 0.6 is 11.8 Å². The standard InChI is InChI=1S/C23H16F2N4OS/c24-22(25)31-23-28-19-9-1-2-10-20(19)29(23)15-21(30)27-18-8-5-6-16(14-18)11-12-17-7-3-4-13-26-17/h1-10,13-14,22H,15H2,(H,27,30). The first kappa shape index (κ1) is 20.6. The summed E-state index contributed by atoms with van der Waals surface area (Å²) in [6.45, 7) is -0.139. The summed E-state index contributed by atoms with van der Waals surface area (Å²) in [6.07, 6.45) is 1.67. The summed E-state index contributed by atoms with van der Waals surface area (Å²) >= 11 is 0.320. The van der Waals surface area contributed by atoms with E-state index in [1.54, 1.807) is 48.7 Å². The fourth-order valence-electron chi connectivity index (χ4n) is 2.97. The summed E-state index contributed by atoms with van der Waals surface area (Å²) in [6, 6.07) is 19.6. The smallest absolute Gasteiger partial charge is 0.291 e. The van der Waals surface area contributed by atoms with Gasteiger partial charge in [0.05, 0.1) is 11.0 Å². The molecule has 0 bridgehead atoms. The summed E-state index contributed by atoms with van der Waals surface area (Å²) in [5.41, 5.74) is 3.10. The van der Waals surface area contributed by atoms with Crippen molar-refractivity contribution in [3.63, 3.8) is 0 Å². The van der Waals surface area contributed by atoms with E-state index in [1.807, 2.05) is 24.3 Å². The van der Waals surface area contributed by atoms with Crippen molar-refractivity contribution in [1.82, 2.24) is 14.5 Å². The molecule has 0 spiro atoms. The van der Waals surface area contributed by atoms with Crippen LogP contribution in [0.15, 0.2) is 78.1 Å². The first-order valence-electron chi connectivity index (χ1n) is 9.31. The highest BCUT2D eigenvalue weighted by Crippen LogP contribution is 2.28. The molecule has 0 unspecified atom stereocenters. The largest absolute Gasteiger partial charge is 0.324 e. The molecular weight excluding hydrogens is 418 g/mol. The van der Waals surface area contributed by atoms with Crippen LogP contribution < -0.4 is 5.32 Å². The second-order valence-corrected chi connectivity index (χ2v) is 7.40. The van der Waals surface area contributed by atoms with Crippen LogP contribution in [0.25, 0.3) is 11.0 Å². The second-order valence-electron chi connectivity index (χ2n) is 6.44. The number of para-hydroxylation sites is 2. The molecule has 0 saturated carbocycles. The van der Waals surface area contributed by atoms with Crippen LogP contribution in [0.1, 0.15) is 11.3 Å². The van der Waals surface area contributed by atoms with Gasteiger partial charge in [-0.1, -0.05) is 30.2 Å². The molecule has 2 aromatic carbocycles. The van der Waals surface area contributed by atoms with Crippen LogP contribution in [0.4, 0.5) is 14.5 Å². The first-order valence-corrected chi connectivity index (χ1v) is 10.2. The lowest BCUT2D eigenvalue weighted by atomic mass is 10.2. The molecule has 0 aliphatic heterocycles. The average molecular weight is 434 g/mol. The van der Waals surface area contributed by atoms with Crippen molar-refractivity contribution in [2.45, 2.75) is 17.5 Å². The SMILES string of the molecule is O=C(Cn1c(SC(F)F)nc2ccccc21)Nc1cccc(C#Cc2ccccn2)c1. The summed E-state index contributed by atoms with van der Waals surface area (Å²) in [5, 5.41) is 2.89. The van der Waals surface area contributed by atoms with Crippen molar-refractivity contribution < 1.29 is 13.6 Å². The van der Waals surface area contributed by atoms with Gasteiger partial charge in [0.15, 0.2) is 5.16 Å². The lowest BCUT2D eigenvalue weighted by molar-refractivity contribution is -0.116. The molecule has 1 N–H and O–H groups in total. The number of aromatic nitrogens is 3. The van der Waals surface area contributed by atoms with E-state index in [9.17, 15) is 13.6 Å². The Hall–Kier alpha value is -3.70. The van der Waals surface area contributed by atoms with E-state index >= 15 is 0 Å². The Morgan fingerprint density at radius 1 is 1.06 bits per heavy atom. The van der Waals surface area contributed by atoms with E-state index in [0.29, 0.717) is 39.7 Å². The minimum Gasteiger partial charge on any atom is -0.324 e. The van der Waals surface area contributed by atoms with Gasteiger partial charge < -0.3 is 9.88 Å². The Labute approximate surface area is 181 Å². The third-order valence-electron chi connectivity index (χ3n) is 4.26. The van der Waals surface area contributed by atoms with Gasteiger partial charge in [0.1, 0.15) is 12.2 Å². The molecule has 0 aliphatic rings. The number of pyridine rings is 1. The molecule has 4 rings (SSSR count). The fourth-order valence-corrected chi connectivity index (χ4v) is 3.57. The van der Waals surface area contributed by atoms with Gasteiger partial charge in [-0.15, -0.1) is 0 Å². The zero-order valence-corrected chi connectivity index (χ0v) is 16.9. The molecule has 0 aliphatic carbocycles. The van der Waals surface area contributed by atoms with Gasteiger partial charge in [-0.25, -0.2) is 9.97 Å². The van der Waals surface area contributed by atoms with Crippen LogP contribution in [0.2, 0.25) is 0 Å². The Balaban J connectivity index is 1.52. The molecule has 2 aromatic heterocycles. The van der Waals surface area contributed by atoms with Crippen molar-refractivity contribution in [1.29, 1.82) is 0 Å². The topological polar surface area (TPSA) is 59.8 Å². The molecule has 5 nitrogen and oxygen atoms in total. The van der Waals surface area contributed by atoms with E-state index in [1.165, 1.54) is 4.57 Å². The normalized spacial score (nSPS) is 10.7. The lowest BCUT2D eigenvalue weighted by Crippen LogP contribution is -2.19. The monoisotopic (exact) mass is 434 g/mol. The number of carbonyl (C=O) groups excluding carboxylic acids is 1. The average Bonchev–Trinajstić information content (AvgIpc) is 3.09. The van der Waals surface area contributed by atoms with Crippen LogP contribution in [0, 0.1) is 11.8 Å². The zero-order chi connectivity index (χ0) is 21.6. The number of amides is 1. The number of anilines is 1. The Morgan fingerprint density at radius 2 is 1.90 bits per heavy atom. The minimum atomic E-state index is -2.63. The maximum absolute atomic E-state index is 12.9. The predicted molar refractivity (Wildman–Crippen MR) is 117 cm³/mol. The number of hydrogen-bond acceptors (Lipinski definition) is 4. The molecule has 0 atom stereocenters. The van der Waals surface area contributed by atoms with Gasteiger partial charge in [0, 0.05) is 17.4 Å². The van der Waals surface area contributed by atoms with Crippen LogP contribution in [-0.4, -0.2) is 26.2 Å². The number of rotatable bonds is 5. The Morgan fingerprint density at radius 3 is 2.71 bits per heavy atom. The molecular formula is C23H16F2N4OS. The van der Waals surface area contributed by atoms with Gasteiger partial charge in [-0.05, 0) is 60.1 Å². The maximum atomic E-state index is 12.9. The zero-order valence-electron chi connectivity index (χ0n) is 16.1. The number of halogens is 2. The third-order valence-corrected chi connectivity index (χ3v) is 4.96. The molecule has 4 aromatic rings. The van der Waals surface area contributed by atoms with Crippen molar-refractivity contribution in [3.05, 3.63) is 84.2 Å². The van der Waals surface area contributed by atoms with Crippen LogP contribution in [-0.2, 0) is 11.3 Å². The van der Waals surface area contributed by atoms with E-state index in [4.69, 9.17) is 0 Å². The van der Waals surface area contributed by atoms with Crippen molar-refractivity contribution in [3.8, 4) is 11.8 Å². The summed E-state index contributed by atoms with van der Waals surface area (Å²) < 4.78 is 27.4. The third kappa shape index (κ3) is 5.27. The van der Waals surface area contributed by atoms with Gasteiger partial charge in [-0.2, -0.15) is 8.78 Å². The molecule has 1 amide bonds. The number of carbonyl (C=O) groups is 1. The number of hydrogen-bond donors (Lipinski definition) is 1. The highest BCUT2D eigenvalue weighted by molar-refractivity contribution is 7.99. The molecule has 0 saturated heterocycles. The number of nitrogens with zero attached hydrogens (tertiary/aromatic N) is 3. The molecule has 8 heteroatoms. The highest BCUT2D eigenvalue weighted by atomic mass is 32.2. The van der Waals surface area contributed by atoms with Gasteiger partial charge in [-0.3, -0.25) is 4.79 Å². The minimum absolute atomic E-state index is 0.0985. The van der Waals surface area contributed by atoms with E-state index in [2.05, 4.69) is 27.1 Å². The molecule has 0 fully saturated rings. The Kier molecular flexibility index (Phi) is 6.24. The Bertz CT molecular complexity index is 1280. The number of alkyl halides is 2. The molecule has 2 heterocycles. The number of imidazole rings is 1. The maximum Gasteiger partial charge on any atom is 0.291 e. The predicted octanol–water partition coefficient (Wildman–Crippen LogP) is 4.78. The summed E-state index contributed by atoms with van der Waals surface area (Å²) in [7, 11) is 0. The second kappa shape index (κ2) is 9.41. The van der Waals surface area contributed by atoms with Gasteiger partial charge >= 0.3 is 0 Å². The van der Waals surface area contributed by atoms with E-state index in [0.717, 1.165) is 0 Å². The van der Waals surface area contributed by atoms with E-state index in [-0.39, 0.29) is 17.6 Å². The summed E-state index contributed by atoms with van der Waals surface area (Å²) in [4.78, 5) is 21.0. The highest BCUT2D eigenvalue weighted by Gasteiger charge is 2.17. The molecule has 31 heavy (non-hydrogen) atoms. The number of benzene rings is 2. The quantitative estimate of drug-likeness (QED) is 0.363. The number of thioether (sulfide) groups is 1. The number of nitrogens with one attached hydrogen (secondary N) is 1. The molecule has 154 valence electrons. The fraction of sp³-hybridized carbons (Fsp3) is 0.0870. The van der Waals surface area contributed by atoms with Crippen molar-refractivity contribution in [2.75, 3.05) is 5.32 Å². The van der Waals surface area contributed by atoms with Crippen molar-refractivity contribution in [2.24, 2.45) is 0 Å². The van der Waals surface area contributed by atoms with Crippen LogP contribution in [0.3, 0.4) is 0 Å². The first-order chi connectivity index (χ1) is 15.1.